The third-order valence-corrected chi connectivity index (χ3v) is 4.54. The van der Waals surface area contributed by atoms with E-state index in [0.29, 0.717) is 43.2 Å². The summed E-state index contributed by atoms with van der Waals surface area (Å²) in [5, 5.41) is 6.49. The van der Waals surface area contributed by atoms with Crippen LogP contribution in [0.5, 0.6) is 17.4 Å². The van der Waals surface area contributed by atoms with E-state index >= 15 is 0 Å². The van der Waals surface area contributed by atoms with Crippen LogP contribution in [0.2, 0.25) is 0 Å². The first-order valence-electron chi connectivity index (χ1n) is 10.6. The number of benzene rings is 1. The minimum atomic E-state index is -0.0718. The summed E-state index contributed by atoms with van der Waals surface area (Å²) in [6, 6.07) is 11.3. The zero-order valence-corrected chi connectivity index (χ0v) is 22.0. The highest BCUT2D eigenvalue weighted by Crippen LogP contribution is 2.23. The number of halogens is 1. The highest BCUT2D eigenvalue weighted by atomic mass is 127. The lowest BCUT2D eigenvalue weighted by Gasteiger charge is -2.13. The summed E-state index contributed by atoms with van der Waals surface area (Å²) in [6.07, 6.45) is 3.49. The highest BCUT2D eigenvalue weighted by molar-refractivity contribution is 14.0. The van der Waals surface area contributed by atoms with Crippen LogP contribution in [0, 0.1) is 0 Å². The number of hydrogen-bond acceptors (Lipinski definition) is 6. The topological polar surface area (TPSA) is 93.8 Å². The summed E-state index contributed by atoms with van der Waals surface area (Å²) in [6.45, 7) is 9.85. The maximum absolute atomic E-state index is 5.86. The Morgan fingerprint density at radius 1 is 1.03 bits per heavy atom. The highest BCUT2D eigenvalue weighted by Gasteiger charge is 2.19. The number of aromatic nitrogens is 2. The van der Waals surface area contributed by atoms with Gasteiger partial charge in [0.25, 0.3) is 0 Å². The minimum absolute atomic E-state index is 0. The van der Waals surface area contributed by atoms with E-state index in [1.165, 1.54) is 0 Å². The molecule has 0 unspecified atom stereocenters. The lowest BCUT2D eigenvalue weighted by molar-refractivity contribution is 0.339. The fraction of sp³-hybridized carbons (Fsp3) is 0.375. The van der Waals surface area contributed by atoms with E-state index in [4.69, 9.17) is 13.9 Å². The lowest BCUT2D eigenvalue weighted by atomic mass is 9.94. The molecule has 0 aliphatic rings. The van der Waals surface area contributed by atoms with E-state index in [2.05, 4.69) is 46.4 Å². The molecule has 0 fully saturated rings. The molecule has 0 radical (unpaired) electrons. The van der Waals surface area contributed by atoms with Crippen molar-refractivity contribution in [1.82, 2.24) is 20.6 Å². The normalized spacial score (nSPS) is 11.5. The largest absolute Gasteiger partial charge is 0.494 e. The van der Waals surface area contributed by atoms with Crippen LogP contribution in [-0.2, 0) is 18.5 Å². The van der Waals surface area contributed by atoms with Gasteiger partial charge in [-0.1, -0.05) is 20.8 Å². The van der Waals surface area contributed by atoms with Gasteiger partial charge in [0.1, 0.15) is 17.3 Å². The second-order valence-electron chi connectivity index (χ2n) is 8.16. The van der Waals surface area contributed by atoms with E-state index in [1.54, 1.807) is 19.4 Å². The van der Waals surface area contributed by atoms with Gasteiger partial charge in [-0.2, -0.15) is 0 Å². The van der Waals surface area contributed by atoms with Crippen LogP contribution in [0.1, 0.15) is 44.9 Å². The molecule has 2 N–H and O–H groups in total. The molecule has 2 aromatic heterocycles. The van der Waals surface area contributed by atoms with Gasteiger partial charge >= 0.3 is 0 Å². The van der Waals surface area contributed by atoms with Gasteiger partial charge in [-0.3, -0.25) is 4.99 Å². The average molecular weight is 565 g/mol. The van der Waals surface area contributed by atoms with Crippen LogP contribution in [0.25, 0.3) is 0 Å². The number of rotatable bonds is 8. The molecule has 0 atom stereocenters. The Morgan fingerprint density at radius 3 is 2.36 bits per heavy atom. The SMILES string of the molecule is CCOc1ccc(Oc2cc(CNC(=NC)NCc3ncc(C(C)(C)C)o3)ccn2)cc1.I. The summed E-state index contributed by atoms with van der Waals surface area (Å²) in [5.74, 6) is 4.15. The lowest BCUT2D eigenvalue weighted by Crippen LogP contribution is -2.36. The summed E-state index contributed by atoms with van der Waals surface area (Å²) < 4.78 is 17.1. The van der Waals surface area contributed by atoms with Crippen molar-refractivity contribution in [2.75, 3.05) is 13.7 Å². The number of guanidine groups is 1. The molecular weight excluding hydrogens is 533 g/mol. The molecule has 1 aromatic carbocycles. The van der Waals surface area contributed by atoms with E-state index in [9.17, 15) is 0 Å². The first-order chi connectivity index (χ1) is 15.4. The number of pyridine rings is 1. The number of oxazole rings is 1. The number of hydrogen-bond donors (Lipinski definition) is 2. The van der Waals surface area contributed by atoms with Gasteiger partial charge in [0.05, 0.1) is 19.3 Å². The van der Waals surface area contributed by atoms with Crippen molar-refractivity contribution in [2.45, 2.75) is 46.2 Å². The Morgan fingerprint density at radius 2 is 1.73 bits per heavy atom. The predicted octanol–water partition coefficient (Wildman–Crippen LogP) is 5.04. The van der Waals surface area contributed by atoms with Crippen molar-refractivity contribution >= 4 is 29.9 Å². The average Bonchev–Trinajstić information content (AvgIpc) is 3.26. The van der Waals surface area contributed by atoms with Gasteiger partial charge in [0.2, 0.25) is 11.8 Å². The molecule has 2 heterocycles. The van der Waals surface area contributed by atoms with Gasteiger partial charge in [0.15, 0.2) is 5.96 Å². The van der Waals surface area contributed by atoms with Gasteiger partial charge in [-0.05, 0) is 42.8 Å². The van der Waals surface area contributed by atoms with Gasteiger partial charge in [0, 0.05) is 31.3 Å². The summed E-state index contributed by atoms with van der Waals surface area (Å²) >= 11 is 0. The van der Waals surface area contributed by atoms with Gasteiger partial charge < -0.3 is 24.5 Å². The number of nitrogens with one attached hydrogen (secondary N) is 2. The molecule has 0 bridgehead atoms. The van der Waals surface area contributed by atoms with Crippen LogP contribution in [-0.4, -0.2) is 29.6 Å². The van der Waals surface area contributed by atoms with Crippen LogP contribution in [0.4, 0.5) is 0 Å². The molecule has 178 valence electrons. The molecular formula is C24H32IN5O3. The molecule has 0 aliphatic heterocycles. The molecule has 0 spiro atoms. The maximum Gasteiger partial charge on any atom is 0.219 e. The van der Waals surface area contributed by atoms with Crippen molar-refractivity contribution in [3.05, 3.63) is 66.0 Å². The van der Waals surface area contributed by atoms with Crippen LogP contribution < -0.4 is 20.1 Å². The Hall–Kier alpha value is -2.82. The van der Waals surface area contributed by atoms with Crippen LogP contribution in [0.15, 0.2) is 58.2 Å². The maximum atomic E-state index is 5.86. The Kier molecular flexibility index (Phi) is 9.95. The van der Waals surface area contributed by atoms with E-state index in [0.717, 1.165) is 17.1 Å². The van der Waals surface area contributed by atoms with Crippen LogP contribution in [0.3, 0.4) is 0 Å². The van der Waals surface area contributed by atoms with Crippen molar-refractivity contribution < 1.29 is 13.9 Å². The van der Waals surface area contributed by atoms with Gasteiger partial charge in [-0.15, -0.1) is 24.0 Å². The van der Waals surface area contributed by atoms with Crippen molar-refractivity contribution in [1.29, 1.82) is 0 Å². The molecule has 0 saturated heterocycles. The Bertz CT molecular complexity index is 1030. The second kappa shape index (κ2) is 12.4. The molecule has 3 rings (SSSR count). The van der Waals surface area contributed by atoms with E-state index < -0.39 is 0 Å². The molecule has 0 aliphatic carbocycles. The first-order valence-corrected chi connectivity index (χ1v) is 10.6. The number of aliphatic imine (C=N–C) groups is 1. The first kappa shape index (κ1) is 26.4. The fourth-order valence-corrected chi connectivity index (χ4v) is 2.81. The van der Waals surface area contributed by atoms with E-state index in [1.807, 2.05) is 43.3 Å². The third kappa shape index (κ3) is 8.23. The third-order valence-electron chi connectivity index (χ3n) is 4.54. The monoisotopic (exact) mass is 565 g/mol. The number of nitrogens with zero attached hydrogens (tertiary/aromatic N) is 3. The zero-order valence-electron chi connectivity index (χ0n) is 19.7. The predicted molar refractivity (Wildman–Crippen MR) is 140 cm³/mol. The zero-order chi connectivity index (χ0) is 23.0. The Balaban J connectivity index is 0.00000385. The number of ether oxygens (including phenoxy) is 2. The van der Waals surface area contributed by atoms with Crippen LogP contribution >= 0.6 is 24.0 Å². The Labute approximate surface area is 212 Å². The van der Waals surface area contributed by atoms with Crippen molar-refractivity contribution in [3.63, 3.8) is 0 Å². The van der Waals surface area contributed by atoms with Crippen molar-refractivity contribution in [3.8, 4) is 17.4 Å². The van der Waals surface area contributed by atoms with Gasteiger partial charge in [-0.25, -0.2) is 9.97 Å². The van der Waals surface area contributed by atoms with E-state index in [-0.39, 0.29) is 29.4 Å². The second-order valence-corrected chi connectivity index (χ2v) is 8.16. The molecule has 33 heavy (non-hydrogen) atoms. The minimum Gasteiger partial charge on any atom is -0.494 e. The smallest absolute Gasteiger partial charge is 0.219 e. The summed E-state index contributed by atoms with van der Waals surface area (Å²) in [7, 11) is 1.72. The van der Waals surface area contributed by atoms with Crippen molar-refractivity contribution in [2.24, 2.45) is 4.99 Å². The molecule has 3 aromatic rings. The fourth-order valence-electron chi connectivity index (χ4n) is 2.81. The summed E-state index contributed by atoms with van der Waals surface area (Å²) in [5.41, 5.74) is 0.937. The molecule has 8 nitrogen and oxygen atoms in total. The quantitative estimate of drug-likeness (QED) is 0.225. The molecule has 0 amide bonds. The standard InChI is InChI=1S/C24H31N5O3.HI/c1-6-30-18-7-9-19(10-8-18)31-21-13-17(11-12-26-21)14-28-23(25-5)29-16-22-27-15-20(32-22)24(2,3)4;/h7-13,15H,6,14,16H2,1-5H3,(H2,25,28,29);1H. The summed E-state index contributed by atoms with van der Waals surface area (Å²) in [4.78, 5) is 12.9. The molecule has 0 saturated carbocycles. The molecule has 9 heteroatoms.